The highest BCUT2D eigenvalue weighted by molar-refractivity contribution is 5.40. The van der Waals surface area contributed by atoms with Gasteiger partial charge < -0.3 is 15.5 Å². The Balaban J connectivity index is 2.02. The zero-order valence-electron chi connectivity index (χ0n) is 8.90. The van der Waals surface area contributed by atoms with Crippen LogP contribution in [0.25, 0.3) is 0 Å². The maximum absolute atomic E-state index is 9.64. The summed E-state index contributed by atoms with van der Waals surface area (Å²) in [6.45, 7) is 2.99. The van der Waals surface area contributed by atoms with E-state index in [9.17, 15) is 10.2 Å². The first-order chi connectivity index (χ1) is 7.16. The molecule has 0 amide bonds. The molecule has 0 radical (unpaired) electrons. The summed E-state index contributed by atoms with van der Waals surface area (Å²) in [5, 5.41) is 22.3. The molecule has 1 aromatic rings. The van der Waals surface area contributed by atoms with E-state index in [2.05, 4.69) is 5.32 Å². The molecule has 3 heteroatoms. The molecular formula is C12H17NO2. The molecule has 1 saturated carbocycles. The van der Waals surface area contributed by atoms with E-state index in [-0.39, 0.29) is 17.5 Å². The molecule has 3 N–H and O–H groups in total. The maximum atomic E-state index is 9.64. The molecule has 1 aliphatic rings. The second-order valence-electron chi connectivity index (χ2n) is 4.32. The van der Waals surface area contributed by atoms with E-state index in [1.165, 1.54) is 25.0 Å². The van der Waals surface area contributed by atoms with Crippen molar-refractivity contribution in [1.82, 2.24) is 5.32 Å². The van der Waals surface area contributed by atoms with Crippen molar-refractivity contribution >= 4 is 0 Å². The third-order valence-electron chi connectivity index (χ3n) is 2.89. The molecule has 3 nitrogen and oxygen atoms in total. The lowest BCUT2D eigenvalue weighted by molar-refractivity contribution is 0.439. The Morgan fingerprint density at radius 1 is 1.40 bits per heavy atom. The first kappa shape index (κ1) is 10.3. The summed E-state index contributed by atoms with van der Waals surface area (Å²) in [5.74, 6) is 1.25. The van der Waals surface area contributed by atoms with Gasteiger partial charge in [-0.1, -0.05) is 0 Å². The minimum Gasteiger partial charge on any atom is -0.508 e. The Morgan fingerprint density at radius 2 is 2.13 bits per heavy atom. The van der Waals surface area contributed by atoms with Gasteiger partial charge in [0.2, 0.25) is 0 Å². The molecule has 0 bridgehead atoms. The molecule has 0 aromatic heterocycles. The van der Waals surface area contributed by atoms with Gasteiger partial charge in [-0.25, -0.2) is 0 Å². The van der Waals surface area contributed by atoms with Crippen LogP contribution in [0.2, 0.25) is 0 Å². The molecule has 2 rings (SSSR count). The fourth-order valence-corrected chi connectivity index (χ4v) is 1.66. The fourth-order valence-electron chi connectivity index (χ4n) is 1.66. The number of hydrogen-bond acceptors (Lipinski definition) is 3. The molecule has 0 spiro atoms. The van der Waals surface area contributed by atoms with Crippen LogP contribution in [0.5, 0.6) is 11.5 Å². The zero-order valence-corrected chi connectivity index (χ0v) is 8.90. The van der Waals surface area contributed by atoms with Gasteiger partial charge >= 0.3 is 0 Å². The van der Waals surface area contributed by atoms with Crippen molar-refractivity contribution in [3.63, 3.8) is 0 Å². The number of rotatable bonds is 4. The predicted octanol–water partition coefficient (Wildman–Crippen LogP) is 2.16. The summed E-state index contributed by atoms with van der Waals surface area (Å²) in [7, 11) is 0. The molecule has 1 atom stereocenters. The van der Waals surface area contributed by atoms with E-state index < -0.39 is 0 Å². The van der Waals surface area contributed by atoms with Crippen LogP contribution in [0.3, 0.4) is 0 Å². The lowest BCUT2D eigenvalue weighted by Gasteiger charge is -2.15. The van der Waals surface area contributed by atoms with Gasteiger partial charge in [-0.3, -0.25) is 0 Å². The van der Waals surface area contributed by atoms with Gasteiger partial charge in [0.1, 0.15) is 11.5 Å². The van der Waals surface area contributed by atoms with E-state index in [1.54, 1.807) is 6.07 Å². The van der Waals surface area contributed by atoms with Gasteiger partial charge in [-0.2, -0.15) is 0 Å². The van der Waals surface area contributed by atoms with Gasteiger partial charge in [-0.05, 0) is 50.4 Å². The highest BCUT2D eigenvalue weighted by atomic mass is 16.3. The highest BCUT2D eigenvalue weighted by Crippen LogP contribution is 2.31. The Hall–Kier alpha value is -1.22. The third kappa shape index (κ3) is 2.63. The van der Waals surface area contributed by atoms with Crippen LogP contribution in [-0.2, 0) is 0 Å². The van der Waals surface area contributed by atoms with E-state index in [1.807, 2.05) is 6.92 Å². The number of nitrogens with one attached hydrogen (secondary N) is 1. The molecule has 82 valence electrons. The van der Waals surface area contributed by atoms with Crippen LogP contribution in [0, 0.1) is 5.92 Å². The lowest BCUT2D eigenvalue weighted by atomic mass is 10.1. The van der Waals surface area contributed by atoms with Crippen molar-refractivity contribution in [2.75, 3.05) is 6.54 Å². The fraction of sp³-hybridized carbons (Fsp3) is 0.500. The van der Waals surface area contributed by atoms with Crippen molar-refractivity contribution in [2.45, 2.75) is 25.8 Å². The minimum atomic E-state index is 0.0812. The lowest BCUT2D eigenvalue weighted by Crippen LogP contribution is -2.21. The SMILES string of the molecule is CC(NCC1CC1)c1cc(O)ccc1O. The maximum Gasteiger partial charge on any atom is 0.120 e. The average molecular weight is 207 g/mol. The summed E-state index contributed by atoms with van der Waals surface area (Å²) in [6.07, 6.45) is 2.62. The second-order valence-corrected chi connectivity index (χ2v) is 4.32. The van der Waals surface area contributed by atoms with E-state index in [0.717, 1.165) is 18.0 Å². The molecule has 1 aliphatic carbocycles. The molecule has 0 saturated heterocycles. The molecule has 15 heavy (non-hydrogen) atoms. The van der Waals surface area contributed by atoms with Crippen LogP contribution >= 0.6 is 0 Å². The van der Waals surface area contributed by atoms with Crippen LogP contribution in [0.1, 0.15) is 31.4 Å². The van der Waals surface area contributed by atoms with Crippen LogP contribution in [-0.4, -0.2) is 16.8 Å². The Labute approximate surface area is 89.8 Å². The van der Waals surface area contributed by atoms with Gasteiger partial charge in [0, 0.05) is 11.6 Å². The van der Waals surface area contributed by atoms with Crippen molar-refractivity contribution in [1.29, 1.82) is 0 Å². The molecular weight excluding hydrogens is 190 g/mol. The first-order valence-corrected chi connectivity index (χ1v) is 5.42. The number of phenols is 2. The first-order valence-electron chi connectivity index (χ1n) is 5.42. The van der Waals surface area contributed by atoms with Crippen LogP contribution < -0.4 is 5.32 Å². The van der Waals surface area contributed by atoms with E-state index in [4.69, 9.17) is 0 Å². The smallest absolute Gasteiger partial charge is 0.120 e. The summed E-state index contributed by atoms with van der Waals surface area (Å²) < 4.78 is 0. The minimum absolute atomic E-state index is 0.0812. The second kappa shape index (κ2) is 4.11. The van der Waals surface area contributed by atoms with Crippen molar-refractivity contribution in [2.24, 2.45) is 5.92 Å². The molecule has 1 unspecified atom stereocenters. The molecule has 1 fully saturated rings. The van der Waals surface area contributed by atoms with E-state index >= 15 is 0 Å². The highest BCUT2D eigenvalue weighted by Gasteiger charge is 2.22. The number of benzene rings is 1. The Bertz CT molecular complexity index is 347. The number of aromatic hydroxyl groups is 2. The number of phenolic OH excluding ortho intramolecular Hbond substituents is 2. The van der Waals surface area contributed by atoms with Gasteiger partial charge in [-0.15, -0.1) is 0 Å². The van der Waals surface area contributed by atoms with Crippen molar-refractivity contribution < 1.29 is 10.2 Å². The van der Waals surface area contributed by atoms with Gasteiger partial charge in [0.15, 0.2) is 0 Å². The van der Waals surface area contributed by atoms with Gasteiger partial charge in [0.25, 0.3) is 0 Å². The molecule has 0 heterocycles. The largest absolute Gasteiger partial charge is 0.508 e. The summed E-state index contributed by atoms with van der Waals surface area (Å²) in [4.78, 5) is 0. The van der Waals surface area contributed by atoms with Crippen molar-refractivity contribution in [3.05, 3.63) is 23.8 Å². The Morgan fingerprint density at radius 3 is 2.80 bits per heavy atom. The zero-order chi connectivity index (χ0) is 10.8. The molecule has 0 aliphatic heterocycles. The summed E-state index contributed by atoms with van der Waals surface area (Å²) in [6, 6.07) is 4.71. The van der Waals surface area contributed by atoms with Crippen LogP contribution in [0.15, 0.2) is 18.2 Å². The predicted molar refractivity (Wildman–Crippen MR) is 58.9 cm³/mol. The Kier molecular flexibility index (Phi) is 2.82. The monoisotopic (exact) mass is 207 g/mol. The standard InChI is InChI=1S/C12H17NO2/c1-8(13-7-9-2-3-9)11-6-10(14)4-5-12(11)15/h4-6,8-9,13-15H,2-3,7H2,1H3. The summed E-state index contributed by atoms with van der Waals surface area (Å²) >= 11 is 0. The quantitative estimate of drug-likeness (QED) is 0.663. The normalized spacial score (nSPS) is 17.7. The van der Waals surface area contributed by atoms with E-state index in [0.29, 0.717) is 0 Å². The van der Waals surface area contributed by atoms with Gasteiger partial charge in [0.05, 0.1) is 0 Å². The molecule has 1 aromatic carbocycles. The summed E-state index contributed by atoms with van der Waals surface area (Å²) in [5.41, 5.74) is 0.760. The third-order valence-corrected chi connectivity index (χ3v) is 2.89. The number of hydrogen-bond donors (Lipinski definition) is 3. The van der Waals surface area contributed by atoms with Crippen molar-refractivity contribution in [3.8, 4) is 11.5 Å². The topological polar surface area (TPSA) is 52.5 Å². The average Bonchev–Trinajstić information content (AvgIpc) is 3.02. The van der Waals surface area contributed by atoms with Crippen LogP contribution in [0.4, 0.5) is 0 Å².